The van der Waals surface area contributed by atoms with Gasteiger partial charge in [-0.25, -0.2) is 0 Å². The summed E-state index contributed by atoms with van der Waals surface area (Å²) in [6, 6.07) is 12.2. The maximum atomic E-state index is 12.2. The number of nitrogens with one attached hydrogen (secondary N) is 2. The summed E-state index contributed by atoms with van der Waals surface area (Å²) in [7, 11) is 1.55. The lowest BCUT2D eigenvalue weighted by molar-refractivity contribution is -0.0000124. The van der Waals surface area contributed by atoms with Crippen molar-refractivity contribution < 1.29 is 21.9 Å². The monoisotopic (exact) mass is 318 g/mol. The van der Waals surface area contributed by atoms with Crippen LogP contribution >= 0.6 is 0 Å². The molecule has 0 spiro atoms. The summed E-state index contributed by atoms with van der Waals surface area (Å²) < 4.78 is 5.23. The van der Waals surface area contributed by atoms with Crippen LogP contribution < -0.4 is 27.9 Å². The fourth-order valence-corrected chi connectivity index (χ4v) is 1.94. The van der Waals surface area contributed by atoms with E-state index in [0.717, 1.165) is 5.56 Å². The van der Waals surface area contributed by atoms with Crippen molar-refractivity contribution in [2.24, 2.45) is 0 Å². The Morgan fingerprint density at radius 1 is 1.18 bits per heavy atom. The molecule has 0 heterocycles. The predicted molar refractivity (Wildman–Crippen MR) is 80.8 cm³/mol. The van der Waals surface area contributed by atoms with Crippen molar-refractivity contribution in [1.82, 2.24) is 0 Å². The van der Waals surface area contributed by atoms with E-state index < -0.39 is 0 Å². The Kier molecular flexibility index (Phi) is 6.17. The molecule has 0 saturated heterocycles. The molecule has 2 rings (SSSR count). The number of diazo groups is 1. The third kappa shape index (κ3) is 3.87. The molecule has 0 aromatic heterocycles. The van der Waals surface area contributed by atoms with Crippen LogP contribution in [0.2, 0.25) is 0 Å². The first kappa shape index (κ1) is 17.3. The molecule has 0 fully saturated rings. The van der Waals surface area contributed by atoms with Gasteiger partial charge >= 0.3 is 5.08 Å². The van der Waals surface area contributed by atoms with E-state index in [0.29, 0.717) is 22.7 Å². The van der Waals surface area contributed by atoms with Crippen molar-refractivity contribution in [1.29, 1.82) is 5.39 Å². The summed E-state index contributed by atoms with van der Waals surface area (Å²) in [5.74, 6) is 0.365. The van der Waals surface area contributed by atoms with Crippen molar-refractivity contribution in [2.45, 2.75) is 6.92 Å². The Balaban J connectivity index is 0.00000242. The van der Waals surface area contributed by atoms with E-state index in [-0.39, 0.29) is 18.3 Å². The summed E-state index contributed by atoms with van der Waals surface area (Å²) in [6.45, 7) is 1.85. The second-order valence-corrected chi connectivity index (χ2v) is 4.40. The normalized spacial score (nSPS) is 9.14. The highest BCUT2D eigenvalue weighted by Crippen LogP contribution is 2.31. The minimum atomic E-state index is -0.262. The van der Waals surface area contributed by atoms with Gasteiger partial charge in [0.25, 0.3) is 11.3 Å². The van der Waals surface area contributed by atoms with Crippen molar-refractivity contribution in [3.8, 4) is 5.75 Å². The predicted octanol–water partition coefficient (Wildman–Crippen LogP) is 0.440. The minimum Gasteiger partial charge on any atom is -1.00 e. The van der Waals surface area contributed by atoms with Gasteiger partial charge in [0.2, 0.25) is 0 Å². The number of carbonyl (C=O) groups is 1. The van der Waals surface area contributed by atoms with Crippen LogP contribution in [0.25, 0.3) is 5.08 Å². The number of anilines is 2. The summed E-state index contributed by atoms with van der Waals surface area (Å²) in [5, 5.41) is 14.3. The molecule has 0 aliphatic carbocycles. The van der Waals surface area contributed by atoms with E-state index in [2.05, 4.69) is 15.8 Å². The van der Waals surface area contributed by atoms with Gasteiger partial charge in [0.05, 0.1) is 12.8 Å². The van der Waals surface area contributed by atoms with Crippen LogP contribution in [-0.4, -0.2) is 13.0 Å². The lowest BCUT2D eigenvalue weighted by Gasteiger charge is -2.11. The molecule has 22 heavy (non-hydrogen) atoms. The molecule has 0 bridgehead atoms. The number of methoxy groups -OCH3 is 1. The Morgan fingerprint density at radius 3 is 2.45 bits per heavy atom. The molecule has 0 saturated carbocycles. The SMILES string of the molecule is COc1cc(NC(=O)c2ccccc2)c(N[N+]#N)cc1C.[Cl-]. The molecule has 2 aromatic rings. The van der Waals surface area contributed by atoms with Gasteiger partial charge in [-0.3, -0.25) is 4.79 Å². The zero-order valence-electron chi connectivity index (χ0n) is 12.1. The number of benzene rings is 2. The van der Waals surface area contributed by atoms with E-state index in [1.54, 1.807) is 43.5 Å². The molecule has 2 N–H and O–H groups in total. The van der Waals surface area contributed by atoms with Crippen molar-refractivity contribution >= 4 is 17.3 Å². The molecule has 7 heteroatoms. The summed E-state index contributed by atoms with van der Waals surface area (Å²) >= 11 is 0. The highest BCUT2D eigenvalue weighted by Gasteiger charge is 2.14. The number of hydrogen-bond donors (Lipinski definition) is 2. The van der Waals surface area contributed by atoms with Crippen LogP contribution in [-0.2, 0) is 0 Å². The van der Waals surface area contributed by atoms with Gasteiger partial charge in [0.15, 0.2) is 0 Å². The number of aryl methyl sites for hydroxylation is 1. The first-order valence-corrected chi connectivity index (χ1v) is 6.31. The van der Waals surface area contributed by atoms with Crippen molar-refractivity contribution in [3.63, 3.8) is 0 Å². The maximum absolute atomic E-state index is 12.2. The van der Waals surface area contributed by atoms with Gasteiger partial charge in [-0.2, -0.15) is 0 Å². The first-order valence-electron chi connectivity index (χ1n) is 6.31. The molecule has 6 nitrogen and oxygen atoms in total. The molecule has 2 aromatic carbocycles. The third-order valence-corrected chi connectivity index (χ3v) is 2.99. The van der Waals surface area contributed by atoms with Gasteiger partial charge < -0.3 is 22.5 Å². The van der Waals surface area contributed by atoms with Gasteiger partial charge in [-0.05, 0) is 36.1 Å². The summed E-state index contributed by atoms with van der Waals surface area (Å²) in [6.07, 6.45) is 0. The van der Waals surface area contributed by atoms with Gasteiger partial charge in [-0.1, -0.05) is 18.2 Å². The highest BCUT2D eigenvalue weighted by molar-refractivity contribution is 6.06. The largest absolute Gasteiger partial charge is 1.00 e. The van der Waals surface area contributed by atoms with E-state index in [1.807, 2.05) is 13.0 Å². The smallest absolute Gasteiger partial charge is 0.308 e. The fraction of sp³-hybridized carbons (Fsp3) is 0.133. The number of ether oxygens (including phenoxy) is 1. The Labute approximate surface area is 134 Å². The third-order valence-electron chi connectivity index (χ3n) is 2.99. The topological polar surface area (TPSA) is 78.5 Å². The van der Waals surface area contributed by atoms with Gasteiger partial charge in [0, 0.05) is 11.6 Å². The number of halogens is 1. The van der Waals surface area contributed by atoms with Crippen LogP contribution in [0, 0.1) is 12.3 Å². The van der Waals surface area contributed by atoms with Gasteiger partial charge in [0.1, 0.15) is 11.4 Å². The zero-order valence-corrected chi connectivity index (χ0v) is 12.9. The zero-order chi connectivity index (χ0) is 15.2. The average molecular weight is 319 g/mol. The van der Waals surface area contributed by atoms with Crippen LogP contribution in [0.4, 0.5) is 11.4 Å². The molecule has 1 amide bonds. The number of rotatable bonds is 4. The average Bonchev–Trinajstić information content (AvgIpc) is 2.51. The number of amides is 1. The Bertz CT molecular complexity index is 699. The van der Waals surface area contributed by atoms with Gasteiger partial charge in [-0.15, -0.1) is 0 Å². The molecule has 0 aliphatic rings. The molecule has 0 aliphatic heterocycles. The number of hydrogen-bond acceptors (Lipinski definition) is 4. The van der Waals surface area contributed by atoms with Crippen LogP contribution in [0.1, 0.15) is 15.9 Å². The summed E-state index contributed by atoms with van der Waals surface area (Å²) in [5.41, 5.74) is 4.75. The number of carbonyl (C=O) groups excluding carboxylic acids is 1. The molecule has 114 valence electrons. The second kappa shape index (κ2) is 7.86. The van der Waals surface area contributed by atoms with E-state index >= 15 is 0 Å². The van der Waals surface area contributed by atoms with E-state index in [9.17, 15) is 4.79 Å². The highest BCUT2D eigenvalue weighted by atomic mass is 35.5. The van der Waals surface area contributed by atoms with Crippen LogP contribution in [0.15, 0.2) is 42.5 Å². The van der Waals surface area contributed by atoms with Crippen molar-refractivity contribution in [2.75, 3.05) is 17.9 Å². The maximum Gasteiger partial charge on any atom is 0.308 e. The molecule has 0 radical (unpaired) electrons. The minimum absolute atomic E-state index is 0. The quantitative estimate of drug-likeness (QED) is 0.633. The Morgan fingerprint density at radius 2 is 1.86 bits per heavy atom. The lowest BCUT2D eigenvalue weighted by atomic mass is 10.1. The standard InChI is InChI=1S/C15H14N4O2.ClH/c1-10-8-13(18-19-16)12(9-14(10)21-2)17-15(20)11-6-4-3-5-7-11;/h3-9,16H,1-2H3;1H. The first-order chi connectivity index (χ1) is 10.2. The fourth-order valence-electron chi connectivity index (χ4n) is 1.94. The van der Waals surface area contributed by atoms with Crippen LogP contribution in [0.3, 0.4) is 0 Å². The second-order valence-electron chi connectivity index (χ2n) is 4.40. The van der Waals surface area contributed by atoms with E-state index in [1.165, 1.54) is 0 Å². The van der Waals surface area contributed by atoms with Crippen molar-refractivity contribution in [3.05, 3.63) is 58.7 Å². The van der Waals surface area contributed by atoms with E-state index in [4.69, 9.17) is 10.1 Å². The lowest BCUT2D eigenvalue weighted by Crippen LogP contribution is -3.00. The number of nitrogens with zero attached hydrogens (tertiary/aromatic N) is 2. The Hall–Kier alpha value is -2.78. The molecular formula is C15H15ClN4O2. The molecule has 0 unspecified atom stereocenters. The van der Waals surface area contributed by atoms with Crippen LogP contribution in [0.5, 0.6) is 5.75 Å². The molecular weight excluding hydrogens is 304 g/mol. The molecule has 0 atom stereocenters. The summed E-state index contributed by atoms with van der Waals surface area (Å²) in [4.78, 5) is 12.2.